The molecule has 0 N–H and O–H groups in total. The Morgan fingerprint density at radius 2 is 1.15 bits per heavy atom. The van der Waals surface area contributed by atoms with Gasteiger partial charge in [0.15, 0.2) is 17.5 Å². The van der Waals surface area contributed by atoms with Crippen molar-refractivity contribution in [3.63, 3.8) is 0 Å². The molecular weight excluding hydrogens is 410 g/mol. The van der Waals surface area contributed by atoms with E-state index in [9.17, 15) is 8.42 Å². The summed E-state index contributed by atoms with van der Waals surface area (Å²) in [6, 6.07) is 17.0. The molecule has 2 aromatic rings. The highest BCUT2D eigenvalue weighted by Gasteiger charge is 2.20. The number of benzene rings is 2. The average Bonchev–Trinajstić information content (AvgIpc) is 2.62. The lowest BCUT2D eigenvalue weighted by molar-refractivity contribution is 0.143. The highest BCUT2D eigenvalue weighted by Crippen LogP contribution is 2.15. The van der Waals surface area contributed by atoms with E-state index in [4.69, 9.17) is 30.7 Å². The van der Waals surface area contributed by atoms with E-state index in [0.29, 0.717) is 9.79 Å². The number of hydrogen-bond acceptors (Lipinski definition) is 7. The molecule has 0 aliphatic heterocycles. The van der Waals surface area contributed by atoms with Crippen LogP contribution in [0.1, 0.15) is 0 Å². The van der Waals surface area contributed by atoms with Crippen molar-refractivity contribution in [3.8, 4) is 0 Å². The largest absolute Gasteiger partial charge is 0.302 e. The molecular formula is C17H21NO4S4. The van der Waals surface area contributed by atoms with Gasteiger partial charge in [-0.2, -0.15) is 0 Å². The topological polar surface area (TPSA) is 55.8 Å². The van der Waals surface area contributed by atoms with Crippen molar-refractivity contribution < 1.29 is 16.8 Å². The molecule has 0 amide bonds. The van der Waals surface area contributed by atoms with Crippen LogP contribution in [0.25, 0.3) is 0 Å². The molecule has 9 heteroatoms. The molecule has 26 heavy (non-hydrogen) atoms. The summed E-state index contributed by atoms with van der Waals surface area (Å²) >= 11 is 10.2. The van der Waals surface area contributed by atoms with Crippen LogP contribution in [0.4, 0.5) is 0 Å². The Morgan fingerprint density at radius 3 is 1.46 bits per heavy atom. The molecule has 0 bridgehead atoms. The number of nitrogens with zero attached hydrogens (tertiary/aromatic N) is 1. The average molecular weight is 432 g/mol. The van der Waals surface area contributed by atoms with Gasteiger partial charge < -0.3 is 4.90 Å². The van der Waals surface area contributed by atoms with Crippen LogP contribution in [0.15, 0.2) is 70.5 Å². The fourth-order valence-corrected chi connectivity index (χ4v) is 4.92. The molecule has 2 rings (SSSR count). The van der Waals surface area contributed by atoms with Crippen LogP contribution < -0.4 is 0 Å². The molecule has 0 aliphatic carbocycles. The molecule has 0 radical (unpaired) electrons. The molecule has 0 fully saturated rings. The summed E-state index contributed by atoms with van der Waals surface area (Å²) in [7, 11) is -2.45. The molecule has 2 atom stereocenters. The van der Waals surface area contributed by atoms with Gasteiger partial charge in [0.2, 0.25) is 0 Å². The second-order valence-electron chi connectivity index (χ2n) is 5.72. The van der Waals surface area contributed by atoms with Gasteiger partial charge in [-0.25, -0.2) is 8.42 Å². The van der Waals surface area contributed by atoms with E-state index >= 15 is 0 Å². The van der Waals surface area contributed by atoms with Crippen LogP contribution in [0, 0.1) is 0 Å². The van der Waals surface area contributed by atoms with E-state index < -0.39 is 17.5 Å². The number of rotatable bonds is 9. The maximum Gasteiger partial charge on any atom is 0.173 e. The highest BCUT2D eigenvalue weighted by atomic mass is 32.8. The Kier molecular flexibility index (Phi) is 7.65. The van der Waals surface area contributed by atoms with E-state index in [1.54, 1.807) is 48.5 Å². The summed E-state index contributed by atoms with van der Waals surface area (Å²) in [5, 5.41) is 0. The first-order valence-corrected chi connectivity index (χ1v) is 12.6. The summed E-state index contributed by atoms with van der Waals surface area (Å²) in [5.41, 5.74) is 0. The van der Waals surface area contributed by atoms with E-state index in [-0.39, 0.29) is 19.3 Å². The SMILES string of the molecule is CN(C)C(COS(=O)(=S)c1ccccc1)COS(=O)(=S)c1ccccc1. The minimum absolute atomic E-state index is 0.0594. The van der Waals surface area contributed by atoms with Gasteiger partial charge in [-0.05, 0) is 38.4 Å². The van der Waals surface area contributed by atoms with Crippen molar-refractivity contribution in [3.05, 3.63) is 60.7 Å². The van der Waals surface area contributed by atoms with Gasteiger partial charge in [-0.3, -0.25) is 8.37 Å². The zero-order valence-corrected chi connectivity index (χ0v) is 17.7. The lowest BCUT2D eigenvalue weighted by atomic mass is 10.3. The fourth-order valence-electron chi connectivity index (χ4n) is 1.99. The molecule has 142 valence electrons. The van der Waals surface area contributed by atoms with Crippen LogP contribution in [-0.4, -0.2) is 46.7 Å². The van der Waals surface area contributed by atoms with Gasteiger partial charge in [0.1, 0.15) is 0 Å². The quantitative estimate of drug-likeness (QED) is 0.604. The Balaban J connectivity index is 2.01. The molecule has 2 aromatic carbocycles. The van der Waals surface area contributed by atoms with Gasteiger partial charge >= 0.3 is 0 Å². The number of hydrogen-bond donors (Lipinski definition) is 0. The molecule has 0 heterocycles. The zero-order chi connectivity index (χ0) is 19.2. The highest BCUT2D eigenvalue weighted by molar-refractivity contribution is 8.30. The molecule has 0 aliphatic rings. The van der Waals surface area contributed by atoms with Gasteiger partial charge in [-0.1, -0.05) is 36.4 Å². The second kappa shape index (κ2) is 9.32. The molecule has 5 nitrogen and oxygen atoms in total. The Morgan fingerprint density at radius 1 is 0.808 bits per heavy atom. The van der Waals surface area contributed by atoms with E-state index in [1.807, 2.05) is 31.1 Å². The van der Waals surface area contributed by atoms with Crippen molar-refractivity contribution in [2.75, 3.05) is 27.3 Å². The Labute approximate surface area is 165 Å². The van der Waals surface area contributed by atoms with E-state index in [1.165, 1.54) is 0 Å². The standard InChI is InChI=1S/C17H21NO4S4/c1-18(2)15(13-21-25(19,23)16-9-5-3-6-10-16)14-22-26(20,24)17-11-7-4-8-12-17/h3-12,15H,13-14H2,1-2H3. The molecule has 0 aromatic heterocycles. The first-order valence-electron chi connectivity index (χ1n) is 7.78. The second-order valence-corrected chi connectivity index (χ2v) is 11.6. The van der Waals surface area contributed by atoms with Crippen molar-refractivity contribution in [2.24, 2.45) is 0 Å². The van der Waals surface area contributed by atoms with Crippen molar-refractivity contribution in [2.45, 2.75) is 15.8 Å². The lowest BCUT2D eigenvalue weighted by Crippen LogP contribution is -2.38. The van der Waals surface area contributed by atoms with Crippen LogP contribution in [0.2, 0.25) is 0 Å². The van der Waals surface area contributed by atoms with Gasteiger partial charge in [0, 0.05) is 22.4 Å². The van der Waals surface area contributed by atoms with E-state index in [2.05, 4.69) is 0 Å². The Hall–Kier alpha value is -0.940. The summed E-state index contributed by atoms with van der Waals surface area (Å²) < 4.78 is 36.2. The number of likely N-dealkylation sites (N-methyl/N-ethyl adjacent to an activating group) is 1. The maximum atomic E-state index is 12.6. The van der Waals surface area contributed by atoms with Crippen molar-refractivity contribution in [1.29, 1.82) is 0 Å². The van der Waals surface area contributed by atoms with Crippen molar-refractivity contribution >= 4 is 39.9 Å². The molecule has 0 spiro atoms. The van der Waals surface area contributed by atoms with E-state index in [0.717, 1.165) is 0 Å². The Bertz CT molecular complexity index is 825. The predicted octanol–water partition coefficient (Wildman–Crippen LogP) is 2.39. The van der Waals surface area contributed by atoms with Crippen LogP contribution in [0.5, 0.6) is 0 Å². The lowest BCUT2D eigenvalue weighted by Gasteiger charge is -2.24. The fraction of sp³-hybridized carbons (Fsp3) is 0.294. The molecule has 0 saturated heterocycles. The third kappa shape index (κ3) is 6.05. The normalized spacial score (nSPS) is 17.3. The summed E-state index contributed by atoms with van der Waals surface area (Å²) in [5.74, 6) is 0. The molecule has 2 unspecified atom stereocenters. The summed E-state index contributed by atoms with van der Waals surface area (Å²) in [6.45, 7) is 0.119. The minimum atomic E-state index is -3.04. The third-order valence-electron chi connectivity index (χ3n) is 3.63. The smallest absolute Gasteiger partial charge is 0.173 e. The van der Waals surface area contributed by atoms with Gasteiger partial charge in [0.25, 0.3) is 0 Å². The first kappa shape index (κ1) is 21.4. The van der Waals surface area contributed by atoms with Gasteiger partial charge in [0.05, 0.1) is 29.0 Å². The summed E-state index contributed by atoms with van der Waals surface area (Å²) in [6.07, 6.45) is 0. The monoisotopic (exact) mass is 431 g/mol. The summed E-state index contributed by atoms with van der Waals surface area (Å²) in [4.78, 5) is 2.72. The van der Waals surface area contributed by atoms with Crippen molar-refractivity contribution in [1.82, 2.24) is 4.90 Å². The first-order chi connectivity index (χ1) is 12.2. The zero-order valence-electron chi connectivity index (χ0n) is 14.5. The maximum absolute atomic E-state index is 12.6. The van der Waals surface area contributed by atoms with Crippen LogP contribution in [-0.2, 0) is 48.3 Å². The van der Waals surface area contributed by atoms with Gasteiger partial charge in [-0.15, -0.1) is 0 Å². The third-order valence-corrected chi connectivity index (χ3v) is 7.95. The van der Waals surface area contributed by atoms with Crippen LogP contribution >= 0.6 is 0 Å². The molecule has 0 saturated carbocycles. The minimum Gasteiger partial charge on any atom is -0.302 e. The predicted molar refractivity (Wildman–Crippen MR) is 110 cm³/mol. The van der Waals surface area contributed by atoms with Crippen LogP contribution in [0.3, 0.4) is 0 Å².